The van der Waals surface area contributed by atoms with E-state index in [1.165, 1.54) is 6.42 Å². The summed E-state index contributed by atoms with van der Waals surface area (Å²) in [7, 11) is 2.16. The van der Waals surface area contributed by atoms with Crippen molar-refractivity contribution in [3.05, 3.63) is 59.4 Å². The lowest BCUT2D eigenvalue weighted by Crippen LogP contribution is -2.45. The molecule has 0 radical (unpaired) electrons. The normalized spacial score (nSPS) is 18.4. The maximum atomic E-state index is 13.9. The summed E-state index contributed by atoms with van der Waals surface area (Å²) in [5.74, 6) is 0.819. The van der Waals surface area contributed by atoms with Gasteiger partial charge in [0.25, 0.3) is 0 Å². The Kier molecular flexibility index (Phi) is 6.69. The van der Waals surface area contributed by atoms with Gasteiger partial charge in [0, 0.05) is 55.6 Å². The number of hydrogen-bond acceptors (Lipinski definition) is 4. The second kappa shape index (κ2) is 9.19. The number of aromatic nitrogens is 2. The van der Waals surface area contributed by atoms with Crippen LogP contribution in [0.5, 0.6) is 0 Å². The van der Waals surface area contributed by atoms with E-state index in [4.69, 9.17) is 0 Å². The van der Waals surface area contributed by atoms with Crippen LogP contribution in [0.25, 0.3) is 0 Å². The first-order chi connectivity index (χ1) is 12.7. The lowest BCUT2D eigenvalue weighted by molar-refractivity contribution is 0.106. The number of rotatable bonds is 7. The Morgan fingerprint density at radius 2 is 2.00 bits per heavy atom. The smallest absolute Gasteiger partial charge is 0.128 e. The Labute approximate surface area is 156 Å². The molecule has 1 aromatic carbocycles. The Balaban J connectivity index is 1.55. The van der Waals surface area contributed by atoms with E-state index in [-0.39, 0.29) is 5.82 Å². The third kappa shape index (κ3) is 5.08. The number of benzene rings is 1. The average molecular weight is 356 g/mol. The zero-order chi connectivity index (χ0) is 18.4. The van der Waals surface area contributed by atoms with E-state index in [1.807, 2.05) is 24.5 Å². The quantitative estimate of drug-likeness (QED) is 0.758. The van der Waals surface area contributed by atoms with Gasteiger partial charge in [0.15, 0.2) is 0 Å². The second-order valence-electron chi connectivity index (χ2n) is 7.30. The van der Waals surface area contributed by atoms with E-state index in [0.717, 1.165) is 55.8 Å². The molecule has 2 aromatic rings. The highest BCUT2D eigenvalue weighted by Gasteiger charge is 2.24. The zero-order valence-electron chi connectivity index (χ0n) is 15.9. The maximum Gasteiger partial charge on any atom is 0.128 e. The van der Waals surface area contributed by atoms with Gasteiger partial charge in [-0.05, 0) is 38.9 Å². The molecule has 0 saturated carbocycles. The molecule has 140 valence electrons. The van der Waals surface area contributed by atoms with Gasteiger partial charge in [0.1, 0.15) is 11.6 Å². The van der Waals surface area contributed by atoms with Crippen LogP contribution >= 0.6 is 0 Å². The molecule has 1 aliphatic heterocycles. The molecule has 0 unspecified atom stereocenters. The Bertz CT molecular complexity index is 689. The standard InChI is InChI=1S/C21H29FN4/c1-3-7-21-23-12-17(13-24-21)14-25(2)19-9-6-11-26(16-19)15-18-8-4-5-10-20(18)22/h4-5,8,10,12-13,19H,3,6-7,9,11,14-16H2,1-2H3/t19-/m0/s1. The number of piperidine rings is 1. The molecule has 1 aliphatic rings. The lowest BCUT2D eigenvalue weighted by atomic mass is 10.0. The fraction of sp³-hybridized carbons (Fsp3) is 0.524. The van der Waals surface area contributed by atoms with E-state index >= 15 is 0 Å². The molecule has 1 saturated heterocycles. The Morgan fingerprint density at radius 1 is 1.23 bits per heavy atom. The SMILES string of the molecule is CCCc1ncc(CN(C)[C@H]2CCCN(Cc3ccccc3F)C2)cn1. The molecule has 0 spiro atoms. The minimum Gasteiger partial charge on any atom is -0.298 e. The number of likely N-dealkylation sites (tertiary alicyclic amines) is 1. The number of halogens is 1. The number of hydrogen-bond donors (Lipinski definition) is 0. The van der Waals surface area contributed by atoms with Crippen molar-refractivity contribution in [2.24, 2.45) is 0 Å². The highest BCUT2D eigenvalue weighted by atomic mass is 19.1. The second-order valence-corrected chi connectivity index (χ2v) is 7.30. The maximum absolute atomic E-state index is 13.9. The number of aryl methyl sites for hydroxylation is 1. The Hall–Kier alpha value is -1.85. The average Bonchev–Trinajstić information content (AvgIpc) is 2.66. The van der Waals surface area contributed by atoms with Crippen molar-refractivity contribution in [3.8, 4) is 0 Å². The third-order valence-corrected chi connectivity index (χ3v) is 5.12. The molecule has 1 atom stereocenters. The molecule has 0 aliphatic carbocycles. The molecule has 1 aromatic heterocycles. The van der Waals surface area contributed by atoms with Gasteiger partial charge in [-0.1, -0.05) is 25.1 Å². The minimum absolute atomic E-state index is 0.104. The van der Waals surface area contributed by atoms with Crippen LogP contribution in [0.2, 0.25) is 0 Å². The van der Waals surface area contributed by atoms with Crippen molar-refractivity contribution in [1.82, 2.24) is 19.8 Å². The van der Waals surface area contributed by atoms with Gasteiger partial charge in [-0.3, -0.25) is 9.80 Å². The van der Waals surface area contributed by atoms with Gasteiger partial charge >= 0.3 is 0 Å². The monoisotopic (exact) mass is 356 g/mol. The van der Waals surface area contributed by atoms with Crippen molar-refractivity contribution in [2.45, 2.75) is 51.7 Å². The van der Waals surface area contributed by atoms with Crippen LogP contribution < -0.4 is 0 Å². The molecule has 0 amide bonds. The van der Waals surface area contributed by atoms with Crippen LogP contribution in [0.15, 0.2) is 36.7 Å². The molecule has 3 rings (SSSR count). The van der Waals surface area contributed by atoms with Crippen molar-refractivity contribution < 1.29 is 4.39 Å². The van der Waals surface area contributed by atoms with E-state index in [0.29, 0.717) is 12.6 Å². The summed E-state index contributed by atoms with van der Waals surface area (Å²) < 4.78 is 13.9. The fourth-order valence-electron chi connectivity index (χ4n) is 3.63. The minimum atomic E-state index is -0.104. The van der Waals surface area contributed by atoms with Gasteiger partial charge in [0.2, 0.25) is 0 Å². The van der Waals surface area contributed by atoms with Crippen molar-refractivity contribution >= 4 is 0 Å². The van der Waals surface area contributed by atoms with Crippen LogP contribution in [0.3, 0.4) is 0 Å². The summed E-state index contributed by atoms with van der Waals surface area (Å²) in [6, 6.07) is 7.57. The predicted molar refractivity (Wildman–Crippen MR) is 102 cm³/mol. The van der Waals surface area contributed by atoms with E-state index in [2.05, 4.69) is 33.7 Å². The van der Waals surface area contributed by atoms with Crippen molar-refractivity contribution in [1.29, 1.82) is 0 Å². The molecule has 0 bridgehead atoms. The summed E-state index contributed by atoms with van der Waals surface area (Å²) in [5.41, 5.74) is 1.94. The van der Waals surface area contributed by atoms with Crippen LogP contribution in [0.1, 0.15) is 43.1 Å². The molecule has 2 heterocycles. The van der Waals surface area contributed by atoms with E-state index in [1.54, 1.807) is 12.1 Å². The van der Waals surface area contributed by atoms with Crippen molar-refractivity contribution in [2.75, 3.05) is 20.1 Å². The molecule has 26 heavy (non-hydrogen) atoms. The summed E-state index contributed by atoms with van der Waals surface area (Å²) >= 11 is 0. The summed E-state index contributed by atoms with van der Waals surface area (Å²) in [6.07, 6.45) is 8.24. The summed E-state index contributed by atoms with van der Waals surface area (Å²) in [4.78, 5) is 13.7. The van der Waals surface area contributed by atoms with Crippen LogP contribution in [0.4, 0.5) is 4.39 Å². The highest BCUT2D eigenvalue weighted by molar-refractivity contribution is 5.17. The molecule has 0 N–H and O–H groups in total. The van der Waals surface area contributed by atoms with E-state index in [9.17, 15) is 4.39 Å². The van der Waals surface area contributed by atoms with Gasteiger partial charge in [-0.25, -0.2) is 14.4 Å². The number of likely N-dealkylation sites (N-methyl/N-ethyl adjacent to an activating group) is 1. The molecule has 1 fully saturated rings. The van der Waals surface area contributed by atoms with E-state index < -0.39 is 0 Å². The largest absolute Gasteiger partial charge is 0.298 e. The first kappa shape index (κ1) is 18.9. The topological polar surface area (TPSA) is 32.3 Å². The van der Waals surface area contributed by atoms with Crippen molar-refractivity contribution in [3.63, 3.8) is 0 Å². The van der Waals surface area contributed by atoms with Gasteiger partial charge in [-0.2, -0.15) is 0 Å². The zero-order valence-corrected chi connectivity index (χ0v) is 15.9. The van der Waals surface area contributed by atoms with Crippen LogP contribution in [-0.4, -0.2) is 45.9 Å². The fourth-order valence-corrected chi connectivity index (χ4v) is 3.63. The van der Waals surface area contributed by atoms with Crippen LogP contribution in [-0.2, 0) is 19.5 Å². The van der Waals surface area contributed by atoms with Gasteiger partial charge in [0.05, 0.1) is 0 Å². The molecular weight excluding hydrogens is 327 g/mol. The van der Waals surface area contributed by atoms with Gasteiger partial charge < -0.3 is 0 Å². The first-order valence-corrected chi connectivity index (χ1v) is 9.61. The summed E-state index contributed by atoms with van der Waals surface area (Å²) in [5, 5.41) is 0. The molecular formula is C21H29FN4. The third-order valence-electron chi connectivity index (χ3n) is 5.12. The number of nitrogens with zero attached hydrogens (tertiary/aromatic N) is 4. The Morgan fingerprint density at radius 3 is 2.73 bits per heavy atom. The highest BCUT2D eigenvalue weighted by Crippen LogP contribution is 2.19. The predicted octanol–water partition coefficient (Wildman–Crippen LogP) is 3.66. The molecule has 5 heteroatoms. The first-order valence-electron chi connectivity index (χ1n) is 9.61. The van der Waals surface area contributed by atoms with Crippen LogP contribution in [0, 0.1) is 5.82 Å². The molecule has 4 nitrogen and oxygen atoms in total. The van der Waals surface area contributed by atoms with Gasteiger partial charge in [-0.15, -0.1) is 0 Å². The summed E-state index contributed by atoms with van der Waals surface area (Å²) in [6.45, 7) is 5.69. The lowest BCUT2D eigenvalue weighted by Gasteiger charge is -2.37.